The molecular formula is C23H37N3O3. The molecule has 1 aromatic carbocycles. The molecule has 3 rings (SSSR count). The molecule has 1 heterocycles. The maximum absolute atomic E-state index is 11.4. The smallest absolute Gasteiger partial charge is 0.292 e. The molecule has 0 atom stereocenters. The predicted octanol–water partition coefficient (Wildman–Crippen LogP) is 5.30. The Morgan fingerprint density at radius 2 is 1.90 bits per heavy atom. The van der Waals surface area contributed by atoms with Crippen LogP contribution in [-0.4, -0.2) is 47.2 Å². The van der Waals surface area contributed by atoms with Crippen molar-refractivity contribution in [2.45, 2.75) is 89.8 Å². The van der Waals surface area contributed by atoms with Crippen molar-refractivity contribution in [1.82, 2.24) is 4.90 Å². The SMILES string of the molecule is CCCO[C@H]1CC[C@](CC)(N2CCC(Nc3cc(C)ccc3[N+](=O)[O-])CC2)CC1. The summed E-state index contributed by atoms with van der Waals surface area (Å²) in [6, 6.07) is 5.61. The Morgan fingerprint density at radius 3 is 2.48 bits per heavy atom. The highest BCUT2D eigenvalue weighted by Crippen LogP contribution is 2.39. The van der Waals surface area contributed by atoms with Crippen LogP contribution in [0.25, 0.3) is 0 Å². The third-order valence-corrected chi connectivity index (χ3v) is 6.95. The molecule has 2 aliphatic rings. The van der Waals surface area contributed by atoms with E-state index < -0.39 is 0 Å². The molecule has 1 saturated carbocycles. The van der Waals surface area contributed by atoms with Crippen LogP contribution in [0.3, 0.4) is 0 Å². The molecule has 0 bridgehead atoms. The van der Waals surface area contributed by atoms with E-state index >= 15 is 0 Å². The van der Waals surface area contributed by atoms with E-state index in [0.29, 0.717) is 23.4 Å². The number of likely N-dealkylation sites (tertiary alicyclic amines) is 1. The van der Waals surface area contributed by atoms with Crippen LogP contribution >= 0.6 is 0 Å². The molecule has 1 aliphatic carbocycles. The van der Waals surface area contributed by atoms with Crippen LogP contribution in [0.2, 0.25) is 0 Å². The number of anilines is 1. The fourth-order valence-corrected chi connectivity index (χ4v) is 5.12. The van der Waals surface area contributed by atoms with Gasteiger partial charge in [-0.25, -0.2) is 0 Å². The van der Waals surface area contributed by atoms with E-state index in [1.807, 2.05) is 13.0 Å². The lowest BCUT2D eigenvalue weighted by atomic mass is 9.76. The van der Waals surface area contributed by atoms with Crippen molar-refractivity contribution >= 4 is 11.4 Å². The number of nitrogens with one attached hydrogen (secondary N) is 1. The number of nitrogens with zero attached hydrogens (tertiary/aromatic N) is 2. The minimum absolute atomic E-state index is 0.174. The van der Waals surface area contributed by atoms with Crippen molar-refractivity contribution < 1.29 is 9.66 Å². The summed E-state index contributed by atoms with van der Waals surface area (Å²) in [5.41, 5.74) is 2.19. The molecule has 6 heteroatoms. The Morgan fingerprint density at radius 1 is 1.21 bits per heavy atom. The number of rotatable bonds is 8. The van der Waals surface area contributed by atoms with Gasteiger partial charge in [-0.15, -0.1) is 0 Å². The minimum atomic E-state index is -0.290. The van der Waals surface area contributed by atoms with Gasteiger partial charge in [0, 0.05) is 37.3 Å². The predicted molar refractivity (Wildman–Crippen MR) is 118 cm³/mol. The number of nitro benzene ring substituents is 1. The van der Waals surface area contributed by atoms with E-state index in [2.05, 4.69) is 24.1 Å². The third-order valence-electron chi connectivity index (χ3n) is 6.95. The number of ether oxygens (including phenoxy) is 1. The second-order valence-corrected chi connectivity index (χ2v) is 8.83. The summed E-state index contributed by atoms with van der Waals surface area (Å²) in [4.78, 5) is 13.8. The molecule has 1 N–H and O–H groups in total. The summed E-state index contributed by atoms with van der Waals surface area (Å²) in [7, 11) is 0. The van der Waals surface area contributed by atoms with Gasteiger partial charge in [-0.2, -0.15) is 0 Å². The fraction of sp³-hybridized carbons (Fsp3) is 0.739. The molecule has 1 saturated heterocycles. The Labute approximate surface area is 175 Å². The van der Waals surface area contributed by atoms with Crippen molar-refractivity contribution in [3.63, 3.8) is 0 Å². The fourth-order valence-electron chi connectivity index (χ4n) is 5.12. The maximum Gasteiger partial charge on any atom is 0.292 e. The molecule has 0 amide bonds. The first-order chi connectivity index (χ1) is 14.0. The molecule has 0 aromatic heterocycles. The molecule has 1 aliphatic heterocycles. The largest absolute Gasteiger partial charge is 0.378 e. The standard InChI is InChI=1S/C23H37N3O3/c1-4-16-29-20-8-12-23(5-2,13-9-20)25-14-10-19(11-15-25)24-21-17-18(3)6-7-22(21)26(27)28/h6-7,17,19-20,24H,4-5,8-16H2,1-3H3/t20-,23-. The molecular weight excluding hydrogens is 366 g/mol. The zero-order chi connectivity index (χ0) is 20.9. The Kier molecular flexibility index (Phi) is 7.52. The molecule has 2 fully saturated rings. The topological polar surface area (TPSA) is 67.6 Å². The Bertz CT molecular complexity index is 678. The van der Waals surface area contributed by atoms with Crippen molar-refractivity contribution in [2.24, 2.45) is 0 Å². The number of nitro groups is 1. The number of hydrogen-bond acceptors (Lipinski definition) is 5. The van der Waals surface area contributed by atoms with Gasteiger partial charge in [0.05, 0.1) is 11.0 Å². The highest BCUT2D eigenvalue weighted by atomic mass is 16.6. The zero-order valence-electron chi connectivity index (χ0n) is 18.3. The maximum atomic E-state index is 11.4. The van der Waals surface area contributed by atoms with Gasteiger partial charge in [0.25, 0.3) is 5.69 Å². The summed E-state index contributed by atoms with van der Waals surface area (Å²) in [6.07, 6.45) is 9.56. The molecule has 0 spiro atoms. The molecule has 1 aromatic rings. The number of aryl methyl sites for hydroxylation is 1. The van der Waals surface area contributed by atoms with Crippen molar-refractivity contribution in [2.75, 3.05) is 25.0 Å². The minimum Gasteiger partial charge on any atom is -0.378 e. The van der Waals surface area contributed by atoms with E-state index in [4.69, 9.17) is 4.74 Å². The van der Waals surface area contributed by atoms with Crippen LogP contribution in [-0.2, 0) is 4.74 Å². The van der Waals surface area contributed by atoms with Gasteiger partial charge in [0.2, 0.25) is 0 Å². The lowest BCUT2D eigenvalue weighted by Crippen LogP contribution is -2.55. The average molecular weight is 404 g/mol. The number of piperidine rings is 1. The van der Waals surface area contributed by atoms with Crippen LogP contribution in [0.15, 0.2) is 18.2 Å². The normalized spacial score (nSPS) is 26.4. The molecule has 0 radical (unpaired) electrons. The van der Waals surface area contributed by atoms with Gasteiger partial charge in [0.1, 0.15) is 5.69 Å². The zero-order valence-corrected chi connectivity index (χ0v) is 18.3. The number of hydrogen-bond donors (Lipinski definition) is 1. The summed E-state index contributed by atoms with van der Waals surface area (Å²) in [6.45, 7) is 9.47. The summed E-state index contributed by atoms with van der Waals surface area (Å²) >= 11 is 0. The van der Waals surface area contributed by atoms with Gasteiger partial charge in [-0.1, -0.05) is 19.9 Å². The highest BCUT2D eigenvalue weighted by Gasteiger charge is 2.40. The Balaban J connectivity index is 1.56. The van der Waals surface area contributed by atoms with Gasteiger partial charge in [-0.3, -0.25) is 15.0 Å². The van der Waals surface area contributed by atoms with Gasteiger partial charge in [-0.05, 0) is 69.9 Å². The van der Waals surface area contributed by atoms with E-state index in [1.165, 1.54) is 32.1 Å². The van der Waals surface area contributed by atoms with E-state index in [-0.39, 0.29) is 10.6 Å². The van der Waals surface area contributed by atoms with E-state index in [1.54, 1.807) is 12.1 Å². The average Bonchev–Trinajstić information content (AvgIpc) is 2.73. The lowest BCUT2D eigenvalue weighted by molar-refractivity contribution is -0.384. The van der Waals surface area contributed by atoms with Crippen LogP contribution in [0.5, 0.6) is 0 Å². The van der Waals surface area contributed by atoms with Gasteiger partial charge < -0.3 is 10.1 Å². The highest BCUT2D eigenvalue weighted by molar-refractivity contribution is 5.63. The first kappa shape index (κ1) is 22.0. The second kappa shape index (κ2) is 9.90. The lowest BCUT2D eigenvalue weighted by Gasteiger charge is -2.50. The quantitative estimate of drug-likeness (QED) is 0.471. The van der Waals surface area contributed by atoms with Crippen LogP contribution < -0.4 is 5.32 Å². The first-order valence-electron chi connectivity index (χ1n) is 11.4. The summed E-state index contributed by atoms with van der Waals surface area (Å²) < 4.78 is 6.00. The monoisotopic (exact) mass is 403 g/mol. The molecule has 0 unspecified atom stereocenters. The molecule has 29 heavy (non-hydrogen) atoms. The first-order valence-corrected chi connectivity index (χ1v) is 11.4. The van der Waals surface area contributed by atoms with Crippen LogP contribution in [0.1, 0.15) is 70.8 Å². The second-order valence-electron chi connectivity index (χ2n) is 8.83. The number of benzene rings is 1. The van der Waals surface area contributed by atoms with Gasteiger partial charge >= 0.3 is 0 Å². The van der Waals surface area contributed by atoms with Gasteiger partial charge in [0.15, 0.2) is 0 Å². The van der Waals surface area contributed by atoms with Crippen LogP contribution in [0, 0.1) is 17.0 Å². The van der Waals surface area contributed by atoms with Crippen LogP contribution in [0.4, 0.5) is 11.4 Å². The van der Waals surface area contributed by atoms with Crippen molar-refractivity contribution in [3.8, 4) is 0 Å². The van der Waals surface area contributed by atoms with E-state index in [9.17, 15) is 10.1 Å². The summed E-state index contributed by atoms with van der Waals surface area (Å²) in [5.74, 6) is 0. The molecule has 6 nitrogen and oxygen atoms in total. The van der Waals surface area contributed by atoms with Crippen molar-refractivity contribution in [1.29, 1.82) is 0 Å². The summed E-state index contributed by atoms with van der Waals surface area (Å²) in [5, 5.41) is 14.8. The third kappa shape index (κ3) is 5.28. The Hall–Kier alpha value is -1.66. The van der Waals surface area contributed by atoms with E-state index in [0.717, 1.165) is 44.5 Å². The molecule has 162 valence electrons. The van der Waals surface area contributed by atoms with Crippen molar-refractivity contribution in [3.05, 3.63) is 33.9 Å².